The van der Waals surface area contributed by atoms with Crippen LogP contribution in [0.15, 0.2) is 0 Å². The minimum absolute atomic E-state index is 0.654. The minimum atomic E-state index is -1.41. The van der Waals surface area contributed by atoms with Crippen molar-refractivity contribution >= 4 is 5.97 Å². The van der Waals surface area contributed by atoms with Gasteiger partial charge in [-0.3, -0.25) is 4.79 Å². The lowest BCUT2D eigenvalue weighted by atomic mass is 10.00. The first kappa shape index (κ1) is 11.4. The summed E-state index contributed by atoms with van der Waals surface area (Å²) in [6, 6.07) is 0. The Kier molecular flexibility index (Phi) is 3.43. The number of carbonyl (C=O) groups excluding carboxylic acids is 1. The van der Waals surface area contributed by atoms with Gasteiger partial charge in [-0.1, -0.05) is 0 Å². The molecule has 6 heteroatoms. The van der Waals surface area contributed by atoms with E-state index in [1.54, 1.807) is 0 Å². The smallest absolute Gasteiger partial charge is 0.303 e. The van der Waals surface area contributed by atoms with E-state index in [1.165, 1.54) is 6.92 Å². The molecule has 82 valence electrons. The molecule has 0 radical (unpaired) electrons. The van der Waals surface area contributed by atoms with E-state index in [0.29, 0.717) is 0 Å². The van der Waals surface area contributed by atoms with Crippen LogP contribution >= 0.6 is 0 Å². The second-order valence-corrected chi connectivity index (χ2v) is 3.29. The van der Waals surface area contributed by atoms with Crippen molar-refractivity contribution in [2.45, 2.75) is 44.6 Å². The molecule has 1 aliphatic heterocycles. The van der Waals surface area contributed by atoms with Crippen LogP contribution in [0.4, 0.5) is 0 Å². The van der Waals surface area contributed by atoms with Gasteiger partial charge in [-0.2, -0.15) is 0 Å². The lowest BCUT2D eigenvalue weighted by Gasteiger charge is -2.38. The predicted molar refractivity (Wildman–Crippen MR) is 44.1 cm³/mol. The van der Waals surface area contributed by atoms with Crippen molar-refractivity contribution in [3.63, 3.8) is 0 Å². The average Bonchev–Trinajstić information content (AvgIpc) is 2.09. The number of hydrogen-bond donors (Lipinski definition) is 3. The number of aliphatic hydroxyl groups is 3. The molecular weight excluding hydrogens is 192 g/mol. The Morgan fingerprint density at radius 2 is 1.86 bits per heavy atom. The van der Waals surface area contributed by atoms with E-state index in [0.717, 1.165) is 6.92 Å². The third-order valence-electron chi connectivity index (χ3n) is 2.10. The molecule has 1 heterocycles. The van der Waals surface area contributed by atoms with Gasteiger partial charge in [-0.15, -0.1) is 0 Å². The molecule has 1 saturated heterocycles. The molecule has 0 aliphatic carbocycles. The Labute approximate surface area is 81.1 Å². The number of ether oxygens (including phenoxy) is 2. The molecule has 0 spiro atoms. The molecule has 1 rings (SSSR count). The molecule has 0 bridgehead atoms. The van der Waals surface area contributed by atoms with Crippen LogP contribution < -0.4 is 0 Å². The van der Waals surface area contributed by atoms with Crippen LogP contribution in [0, 0.1) is 0 Å². The van der Waals surface area contributed by atoms with Crippen molar-refractivity contribution in [2.24, 2.45) is 0 Å². The molecule has 6 nitrogen and oxygen atoms in total. The van der Waals surface area contributed by atoms with Gasteiger partial charge in [0.1, 0.15) is 12.2 Å². The monoisotopic (exact) mass is 206 g/mol. The van der Waals surface area contributed by atoms with Crippen LogP contribution in [-0.2, 0) is 14.3 Å². The van der Waals surface area contributed by atoms with Crippen molar-refractivity contribution in [2.75, 3.05) is 0 Å². The summed E-state index contributed by atoms with van der Waals surface area (Å²) in [5, 5.41) is 28.1. The zero-order valence-corrected chi connectivity index (χ0v) is 7.95. The highest BCUT2D eigenvalue weighted by Crippen LogP contribution is 2.21. The molecule has 1 fully saturated rings. The molecule has 0 aromatic carbocycles. The molecule has 0 aromatic heterocycles. The molecule has 0 saturated carbocycles. The molecule has 3 N–H and O–H groups in total. The molecule has 0 aromatic rings. The summed E-state index contributed by atoms with van der Waals surface area (Å²) >= 11 is 0. The van der Waals surface area contributed by atoms with Gasteiger partial charge in [-0.25, -0.2) is 0 Å². The summed E-state index contributed by atoms with van der Waals surface area (Å²) in [4.78, 5) is 10.6. The first-order chi connectivity index (χ1) is 6.43. The van der Waals surface area contributed by atoms with Crippen LogP contribution in [0.2, 0.25) is 0 Å². The lowest BCUT2D eigenvalue weighted by molar-refractivity contribution is -0.282. The van der Waals surface area contributed by atoms with Crippen LogP contribution in [0.1, 0.15) is 13.8 Å². The normalized spacial score (nSPS) is 43.4. The van der Waals surface area contributed by atoms with Gasteiger partial charge >= 0.3 is 5.97 Å². The van der Waals surface area contributed by atoms with Gasteiger partial charge in [0.25, 0.3) is 0 Å². The average molecular weight is 206 g/mol. The van der Waals surface area contributed by atoms with Crippen LogP contribution in [0.3, 0.4) is 0 Å². The van der Waals surface area contributed by atoms with Crippen molar-refractivity contribution in [1.29, 1.82) is 0 Å². The van der Waals surface area contributed by atoms with Gasteiger partial charge in [0.05, 0.1) is 6.10 Å². The Bertz CT molecular complexity index is 218. The Morgan fingerprint density at radius 3 is 2.36 bits per heavy atom. The lowest BCUT2D eigenvalue weighted by Crippen LogP contribution is -2.57. The van der Waals surface area contributed by atoms with Crippen molar-refractivity contribution in [3.8, 4) is 0 Å². The fourth-order valence-corrected chi connectivity index (χ4v) is 1.34. The molecule has 2 unspecified atom stereocenters. The van der Waals surface area contributed by atoms with Gasteiger partial charge < -0.3 is 24.8 Å². The van der Waals surface area contributed by atoms with Gasteiger partial charge in [0.2, 0.25) is 0 Å². The van der Waals surface area contributed by atoms with E-state index in [-0.39, 0.29) is 0 Å². The van der Waals surface area contributed by atoms with E-state index < -0.39 is 36.7 Å². The number of hydrogen-bond acceptors (Lipinski definition) is 6. The maximum Gasteiger partial charge on any atom is 0.303 e. The highest BCUT2D eigenvalue weighted by atomic mass is 16.7. The van der Waals surface area contributed by atoms with Gasteiger partial charge in [-0.05, 0) is 6.92 Å². The van der Waals surface area contributed by atoms with Gasteiger partial charge in [0, 0.05) is 6.92 Å². The predicted octanol–water partition coefficient (Wildman–Crippen LogP) is -1.62. The van der Waals surface area contributed by atoms with Crippen LogP contribution in [0.25, 0.3) is 0 Å². The number of aliphatic hydroxyl groups excluding tert-OH is 3. The fourth-order valence-electron chi connectivity index (χ4n) is 1.34. The van der Waals surface area contributed by atoms with Crippen molar-refractivity contribution in [1.82, 2.24) is 0 Å². The number of carbonyl (C=O) groups is 1. The second-order valence-electron chi connectivity index (χ2n) is 3.29. The summed E-state index contributed by atoms with van der Waals surface area (Å²) in [5.41, 5.74) is 0. The van der Waals surface area contributed by atoms with E-state index in [9.17, 15) is 20.1 Å². The van der Waals surface area contributed by atoms with E-state index >= 15 is 0 Å². The highest BCUT2D eigenvalue weighted by molar-refractivity contribution is 5.66. The summed E-state index contributed by atoms with van der Waals surface area (Å²) in [6.07, 6.45) is -5.86. The molecule has 5 atom stereocenters. The largest absolute Gasteiger partial charge is 0.454 e. The summed E-state index contributed by atoms with van der Waals surface area (Å²) < 4.78 is 9.46. The fraction of sp³-hybridized carbons (Fsp3) is 0.875. The van der Waals surface area contributed by atoms with Crippen molar-refractivity contribution in [3.05, 3.63) is 0 Å². The summed E-state index contributed by atoms with van der Waals surface area (Å²) in [5.74, 6) is -0.654. The Balaban J connectivity index is 2.68. The first-order valence-electron chi connectivity index (χ1n) is 4.30. The quantitative estimate of drug-likeness (QED) is 0.446. The van der Waals surface area contributed by atoms with Crippen molar-refractivity contribution < 1.29 is 29.6 Å². The first-order valence-corrected chi connectivity index (χ1v) is 4.30. The molecule has 0 amide bonds. The zero-order valence-electron chi connectivity index (χ0n) is 7.95. The van der Waals surface area contributed by atoms with Crippen LogP contribution in [-0.4, -0.2) is 52.0 Å². The maximum atomic E-state index is 10.6. The SMILES string of the molecule is CC(=O)O[C@H]1C(O)[C@@H](O)C(C)O[C@H]1O. The number of rotatable bonds is 1. The standard InChI is InChI=1S/C8H14O6/c1-3-5(10)6(11)7(8(12)13-3)14-4(2)9/h3,5-8,10-12H,1-2H3/t3?,5-,6?,7-,8+/m0/s1. The topological polar surface area (TPSA) is 96.2 Å². The van der Waals surface area contributed by atoms with Crippen LogP contribution in [0.5, 0.6) is 0 Å². The Morgan fingerprint density at radius 1 is 1.29 bits per heavy atom. The van der Waals surface area contributed by atoms with Gasteiger partial charge in [0.15, 0.2) is 12.4 Å². The molecule has 1 aliphatic rings. The number of esters is 1. The Hall–Kier alpha value is -0.690. The minimum Gasteiger partial charge on any atom is -0.454 e. The third-order valence-corrected chi connectivity index (χ3v) is 2.10. The summed E-state index contributed by atoms with van der Waals surface area (Å²) in [6.45, 7) is 2.64. The molecular formula is C8H14O6. The molecule has 14 heavy (non-hydrogen) atoms. The van der Waals surface area contributed by atoms with E-state index in [4.69, 9.17) is 4.74 Å². The zero-order chi connectivity index (χ0) is 10.9. The second kappa shape index (κ2) is 4.22. The highest BCUT2D eigenvalue weighted by Gasteiger charge is 2.43. The van der Waals surface area contributed by atoms with E-state index in [1.807, 2.05) is 0 Å². The third kappa shape index (κ3) is 2.21. The summed E-state index contributed by atoms with van der Waals surface area (Å²) in [7, 11) is 0. The van der Waals surface area contributed by atoms with E-state index in [2.05, 4.69) is 4.74 Å². The maximum absolute atomic E-state index is 10.6.